The Balaban J connectivity index is 2.35. The zero-order valence-corrected chi connectivity index (χ0v) is 20.0. The molecule has 0 amide bonds. The van der Waals surface area contributed by atoms with Gasteiger partial charge in [0.2, 0.25) is 0 Å². The minimum absolute atomic E-state index is 0.104. The van der Waals surface area contributed by atoms with Gasteiger partial charge < -0.3 is 33.3 Å². The molecular formula is C26H31NO6. The van der Waals surface area contributed by atoms with E-state index in [4.69, 9.17) is 28.4 Å². The van der Waals surface area contributed by atoms with Gasteiger partial charge in [-0.2, -0.15) is 0 Å². The molecular weight excluding hydrogens is 422 g/mol. The van der Waals surface area contributed by atoms with Crippen molar-refractivity contribution in [2.45, 2.75) is 13.8 Å². The Morgan fingerprint density at radius 1 is 0.636 bits per heavy atom. The Kier molecular flexibility index (Phi) is 8.40. The maximum Gasteiger partial charge on any atom is 0.188 e. The third kappa shape index (κ3) is 5.50. The smallest absolute Gasteiger partial charge is 0.188 e. The number of aryl methyl sites for hydroxylation is 2. The SMILES string of the molecule is COCOc1c(C)cc(OC)cc1N(c1ccccc1)c1cc(OC)cc(C)c1OCOC. The summed E-state index contributed by atoms with van der Waals surface area (Å²) in [4.78, 5) is 2.06. The minimum atomic E-state index is 0.104. The lowest BCUT2D eigenvalue weighted by Crippen LogP contribution is -2.16. The highest BCUT2D eigenvalue weighted by Crippen LogP contribution is 2.48. The van der Waals surface area contributed by atoms with E-state index in [-0.39, 0.29) is 13.6 Å². The quantitative estimate of drug-likeness (QED) is 0.342. The van der Waals surface area contributed by atoms with E-state index in [1.807, 2.05) is 68.4 Å². The monoisotopic (exact) mass is 453 g/mol. The van der Waals surface area contributed by atoms with Crippen molar-refractivity contribution in [2.75, 3.05) is 46.9 Å². The van der Waals surface area contributed by atoms with Crippen molar-refractivity contribution < 1.29 is 28.4 Å². The van der Waals surface area contributed by atoms with E-state index >= 15 is 0 Å². The van der Waals surface area contributed by atoms with Gasteiger partial charge in [-0.05, 0) is 49.2 Å². The fourth-order valence-corrected chi connectivity index (χ4v) is 3.61. The van der Waals surface area contributed by atoms with Crippen LogP contribution in [0.15, 0.2) is 54.6 Å². The molecule has 176 valence electrons. The molecule has 3 rings (SSSR count). The van der Waals surface area contributed by atoms with Gasteiger partial charge in [-0.3, -0.25) is 0 Å². The molecule has 3 aromatic carbocycles. The molecule has 0 radical (unpaired) electrons. The molecule has 0 fully saturated rings. The molecule has 3 aromatic rings. The molecule has 0 spiro atoms. The molecule has 0 aliphatic heterocycles. The van der Waals surface area contributed by atoms with Crippen LogP contribution in [0.4, 0.5) is 17.1 Å². The van der Waals surface area contributed by atoms with Gasteiger partial charge in [0.1, 0.15) is 23.0 Å². The van der Waals surface area contributed by atoms with Gasteiger partial charge >= 0.3 is 0 Å². The Bertz CT molecular complexity index is 989. The fourth-order valence-electron chi connectivity index (χ4n) is 3.61. The molecule has 0 aromatic heterocycles. The van der Waals surface area contributed by atoms with Crippen LogP contribution in [0, 0.1) is 13.8 Å². The van der Waals surface area contributed by atoms with Crippen LogP contribution < -0.4 is 23.8 Å². The lowest BCUT2D eigenvalue weighted by atomic mass is 10.1. The van der Waals surface area contributed by atoms with Gasteiger partial charge in [-0.25, -0.2) is 0 Å². The van der Waals surface area contributed by atoms with Crippen LogP contribution in [0.25, 0.3) is 0 Å². The van der Waals surface area contributed by atoms with E-state index < -0.39 is 0 Å². The van der Waals surface area contributed by atoms with Gasteiger partial charge in [0.25, 0.3) is 0 Å². The van der Waals surface area contributed by atoms with Gasteiger partial charge in [0.05, 0.1) is 25.6 Å². The van der Waals surface area contributed by atoms with E-state index in [2.05, 4.69) is 4.90 Å². The highest BCUT2D eigenvalue weighted by Gasteiger charge is 2.25. The van der Waals surface area contributed by atoms with E-state index in [0.717, 1.165) is 28.2 Å². The Hall–Kier alpha value is -3.42. The second kappa shape index (κ2) is 11.4. The van der Waals surface area contributed by atoms with Crippen LogP contribution in [-0.2, 0) is 9.47 Å². The second-order valence-electron chi connectivity index (χ2n) is 7.36. The number of para-hydroxylation sites is 1. The van der Waals surface area contributed by atoms with E-state index in [1.54, 1.807) is 28.4 Å². The Morgan fingerprint density at radius 3 is 1.48 bits per heavy atom. The van der Waals surface area contributed by atoms with Gasteiger partial charge in [-0.1, -0.05) is 18.2 Å². The number of benzene rings is 3. The predicted octanol–water partition coefficient (Wildman–Crippen LogP) is 5.76. The van der Waals surface area contributed by atoms with Crippen molar-refractivity contribution in [2.24, 2.45) is 0 Å². The van der Waals surface area contributed by atoms with Gasteiger partial charge in [0, 0.05) is 32.0 Å². The standard InChI is InChI=1S/C26H31NO6/c1-18-12-21(30-5)14-23(25(18)32-16-28-3)27(20-10-8-7-9-11-20)24-15-22(31-6)13-19(2)26(24)33-17-29-4/h7-15H,16-17H2,1-6H3. The molecule has 0 heterocycles. The molecule has 0 N–H and O–H groups in total. The summed E-state index contributed by atoms with van der Waals surface area (Å²) in [7, 11) is 6.47. The molecule has 0 saturated heterocycles. The first kappa shape index (κ1) is 24.2. The zero-order chi connectivity index (χ0) is 23.8. The molecule has 7 heteroatoms. The molecule has 0 aliphatic rings. The second-order valence-corrected chi connectivity index (χ2v) is 7.36. The van der Waals surface area contributed by atoms with Crippen molar-refractivity contribution in [1.82, 2.24) is 0 Å². The van der Waals surface area contributed by atoms with Crippen LogP contribution >= 0.6 is 0 Å². The first-order valence-electron chi connectivity index (χ1n) is 10.5. The van der Waals surface area contributed by atoms with Crippen LogP contribution in [0.1, 0.15) is 11.1 Å². The number of hydrogen-bond acceptors (Lipinski definition) is 7. The molecule has 0 bridgehead atoms. The Labute approximate surface area is 195 Å². The van der Waals surface area contributed by atoms with Crippen LogP contribution in [0.5, 0.6) is 23.0 Å². The van der Waals surface area contributed by atoms with Crippen LogP contribution in [-0.4, -0.2) is 42.0 Å². The largest absolute Gasteiger partial charge is 0.497 e. The Morgan fingerprint density at radius 2 is 1.09 bits per heavy atom. The normalized spacial score (nSPS) is 10.6. The summed E-state index contributed by atoms with van der Waals surface area (Å²) in [5.41, 5.74) is 4.25. The van der Waals surface area contributed by atoms with Crippen molar-refractivity contribution in [3.8, 4) is 23.0 Å². The summed E-state index contributed by atoms with van der Waals surface area (Å²) < 4.78 is 33.7. The summed E-state index contributed by atoms with van der Waals surface area (Å²) in [6.07, 6.45) is 0. The number of nitrogens with zero attached hydrogens (tertiary/aromatic N) is 1. The first-order chi connectivity index (χ1) is 16.0. The maximum atomic E-state index is 6.03. The zero-order valence-electron chi connectivity index (χ0n) is 20.0. The van der Waals surface area contributed by atoms with Crippen molar-refractivity contribution in [1.29, 1.82) is 0 Å². The van der Waals surface area contributed by atoms with Crippen molar-refractivity contribution in [3.63, 3.8) is 0 Å². The average Bonchev–Trinajstić information content (AvgIpc) is 2.83. The lowest BCUT2D eigenvalue weighted by molar-refractivity contribution is 0.0505. The lowest BCUT2D eigenvalue weighted by Gasteiger charge is -2.30. The summed E-state index contributed by atoms with van der Waals surface area (Å²) in [5.74, 6) is 2.73. The predicted molar refractivity (Wildman–Crippen MR) is 129 cm³/mol. The third-order valence-electron chi connectivity index (χ3n) is 5.07. The number of rotatable bonds is 11. The molecule has 0 saturated carbocycles. The first-order valence-corrected chi connectivity index (χ1v) is 10.5. The molecule has 33 heavy (non-hydrogen) atoms. The van der Waals surface area contributed by atoms with Gasteiger partial charge in [-0.15, -0.1) is 0 Å². The minimum Gasteiger partial charge on any atom is -0.497 e. The summed E-state index contributed by atoms with van der Waals surface area (Å²) in [5, 5.41) is 0. The maximum absolute atomic E-state index is 6.03. The van der Waals surface area contributed by atoms with Gasteiger partial charge in [0.15, 0.2) is 13.6 Å². The topological polar surface area (TPSA) is 58.6 Å². The molecule has 0 atom stereocenters. The van der Waals surface area contributed by atoms with Crippen molar-refractivity contribution in [3.05, 3.63) is 65.7 Å². The van der Waals surface area contributed by atoms with Crippen molar-refractivity contribution >= 4 is 17.1 Å². The van der Waals surface area contributed by atoms with E-state index in [1.165, 1.54) is 0 Å². The third-order valence-corrected chi connectivity index (χ3v) is 5.07. The highest BCUT2D eigenvalue weighted by atomic mass is 16.7. The van der Waals surface area contributed by atoms with E-state index in [9.17, 15) is 0 Å². The fraction of sp³-hybridized carbons (Fsp3) is 0.308. The molecule has 0 aliphatic carbocycles. The molecule has 0 unspecified atom stereocenters. The average molecular weight is 454 g/mol. The number of methoxy groups -OCH3 is 4. The number of anilines is 3. The summed E-state index contributed by atoms with van der Waals surface area (Å²) >= 11 is 0. The highest BCUT2D eigenvalue weighted by molar-refractivity contribution is 5.86. The van der Waals surface area contributed by atoms with Crippen LogP contribution in [0.2, 0.25) is 0 Å². The summed E-state index contributed by atoms with van der Waals surface area (Å²) in [6, 6.07) is 17.7. The number of hydrogen-bond donors (Lipinski definition) is 0. The molecule has 7 nitrogen and oxygen atoms in total. The van der Waals surface area contributed by atoms with Crippen LogP contribution in [0.3, 0.4) is 0 Å². The number of ether oxygens (including phenoxy) is 6. The summed E-state index contributed by atoms with van der Waals surface area (Å²) in [6.45, 7) is 4.15. The van der Waals surface area contributed by atoms with E-state index in [0.29, 0.717) is 23.0 Å².